The highest BCUT2D eigenvalue weighted by Crippen LogP contribution is 2.24. The van der Waals surface area contributed by atoms with Crippen LogP contribution in [0.2, 0.25) is 0 Å². The molecule has 0 aliphatic heterocycles. The normalized spacial score (nSPS) is 14.6. The van der Waals surface area contributed by atoms with E-state index in [4.69, 9.17) is 0 Å². The van der Waals surface area contributed by atoms with Crippen LogP contribution in [-0.4, -0.2) is 6.04 Å². The van der Waals surface area contributed by atoms with Crippen molar-refractivity contribution < 1.29 is 8.78 Å². The molecule has 1 rings (SSSR count). The van der Waals surface area contributed by atoms with Crippen LogP contribution in [-0.2, 0) is 0 Å². The van der Waals surface area contributed by atoms with Gasteiger partial charge in [0, 0.05) is 6.04 Å². The molecule has 90 valence electrons. The summed E-state index contributed by atoms with van der Waals surface area (Å²) in [4.78, 5) is 0. The number of halogens is 2. The van der Waals surface area contributed by atoms with Gasteiger partial charge in [-0.2, -0.15) is 0 Å². The van der Waals surface area contributed by atoms with Gasteiger partial charge in [0.1, 0.15) is 11.5 Å². The van der Waals surface area contributed by atoms with Gasteiger partial charge in [-0.1, -0.05) is 26.3 Å². The standard InChI is InChI=1S/C13H19F2N/c1-5-8(2)10(4)16-13-11(14)7-6-9(3)12(13)15/h6-8,10,16H,5H2,1-4H3. The van der Waals surface area contributed by atoms with Crippen LogP contribution in [0.3, 0.4) is 0 Å². The average Bonchev–Trinajstić information content (AvgIpc) is 2.28. The van der Waals surface area contributed by atoms with Crippen molar-refractivity contribution in [2.24, 2.45) is 5.92 Å². The highest BCUT2D eigenvalue weighted by molar-refractivity contribution is 5.49. The lowest BCUT2D eigenvalue weighted by molar-refractivity contribution is 0.486. The first-order chi connectivity index (χ1) is 7.47. The summed E-state index contributed by atoms with van der Waals surface area (Å²) in [6.45, 7) is 7.69. The van der Waals surface area contributed by atoms with Gasteiger partial charge in [0.2, 0.25) is 0 Å². The molecule has 0 radical (unpaired) electrons. The van der Waals surface area contributed by atoms with E-state index in [1.165, 1.54) is 12.1 Å². The second-order valence-electron chi connectivity index (χ2n) is 4.37. The highest BCUT2D eigenvalue weighted by Gasteiger charge is 2.16. The van der Waals surface area contributed by atoms with E-state index < -0.39 is 11.6 Å². The molecule has 2 atom stereocenters. The van der Waals surface area contributed by atoms with Gasteiger partial charge < -0.3 is 5.32 Å². The van der Waals surface area contributed by atoms with E-state index in [2.05, 4.69) is 19.2 Å². The fraction of sp³-hybridized carbons (Fsp3) is 0.538. The molecule has 0 saturated carbocycles. The topological polar surface area (TPSA) is 12.0 Å². The Morgan fingerprint density at radius 3 is 2.44 bits per heavy atom. The number of benzene rings is 1. The summed E-state index contributed by atoms with van der Waals surface area (Å²) in [6.07, 6.45) is 0.975. The molecule has 1 nitrogen and oxygen atoms in total. The molecule has 0 saturated heterocycles. The van der Waals surface area contributed by atoms with Crippen LogP contribution in [0.4, 0.5) is 14.5 Å². The van der Waals surface area contributed by atoms with Gasteiger partial charge in [0.05, 0.1) is 0 Å². The average molecular weight is 227 g/mol. The summed E-state index contributed by atoms with van der Waals surface area (Å²) >= 11 is 0. The molecule has 3 heteroatoms. The molecule has 1 N–H and O–H groups in total. The number of nitrogens with one attached hydrogen (secondary N) is 1. The zero-order valence-corrected chi connectivity index (χ0v) is 10.3. The molecule has 0 aliphatic carbocycles. The Balaban J connectivity index is 2.92. The maximum absolute atomic E-state index is 13.7. The van der Waals surface area contributed by atoms with Crippen molar-refractivity contribution in [3.63, 3.8) is 0 Å². The second-order valence-corrected chi connectivity index (χ2v) is 4.37. The molecular formula is C13H19F2N. The molecule has 0 spiro atoms. The van der Waals surface area contributed by atoms with Crippen molar-refractivity contribution in [1.29, 1.82) is 0 Å². The largest absolute Gasteiger partial charge is 0.378 e. The van der Waals surface area contributed by atoms with Crippen LogP contribution in [0, 0.1) is 24.5 Å². The van der Waals surface area contributed by atoms with Crippen LogP contribution in [0.25, 0.3) is 0 Å². The van der Waals surface area contributed by atoms with E-state index in [-0.39, 0.29) is 11.7 Å². The van der Waals surface area contributed by atoms with Crippen molar-refractivity contribution in [2.75, 3.05) is 5.32 Å². The molecule has 1 aromatic rings. The molecule has 16 heavy (non-hydrogen) atoms. The number of rotatable bonds is 4. The van der Waals surface area contributed by atoms with Crippen molar-refractivity contribution in [3.05, 3.63) is 29.3 Å². The minimum atomic E-state index is -0.529. The van der Waals surface area contributed by atoms with Crippen LogP contribution in [0.5, 0.6) is 0 Å². The summed E-state index contributed by atoms with van der Waals surface area (Å²) in [7, 11) is 0. The number of hydrogen-bond donors (Lipinski definition) is 1. The molecule has 0 amide bonds. The molecule has 0 fully saturated rings. The van der Waals surface area contributed by atoms with Gasteiger partial charge in [0.25, 0.3) is 0 Å². The van der Waals surface area contributed by atoms with Crippen LogP contribution in [0.15, 0.2) is 12.1 Å². The van der Waals surface area contributed by atoms with Gasteiger partial charge in [-0.3, -0.25) is 0 Å². The molecular weight excluding hydrogens is 208 g/mol. The van der Waals surface area contributed by atoms with Crippen LogP contribution >= 0.6 is 0 Å². The van der Waals surface area contributed by atoms with Crippen LogP contribution in [0.1, 0.15) is 32.8 Å². The minimum Gasteiger partial charge on any atom is -0.378 e. The second kappa shape index (κ2) is 5.28. The van der Waals surface area contributed by atoms with Gasteiger partial charge in [-0.25, -0.2) is 8.78 Å². The first-order valence-corrected chi connectivity index (χ1v) is 5.68. The first kappa shape index (κ1) is 12.9. The Labute approximate surface area is 95.9 Å². The predicted molar refractivity (Wildman–Crippen MR) is 63.6 cm³/mol. The summed E-state index contributed by atoms with van der Waals surface area (Å²) in [6, 6.07) is 2.80. The lowest BCUT2D eigenvalue weighted by Gasteiger charge is -2.22. The zero-order valence-electron chi connectivity index (χ0n) is 10.3. The van der Waals surface area contributed by atoms with Gasteiger partial charge in [0.15, 0.2) is 5.82 Å². The quantitative estimate of drug-likeness (QED) is 0.815. The maximum Gasteiger partial charge on any atom is 0.152 e. The summed E-state index contributed by atoms with van der Waals surface area (Å²) < 4.78 is 27.1. The Kier molecular flexibility index (Phi) is 4.27. The monoisotopic (exact) mass is 227 g/mol. The molecule has 0 heterocycles. The van der Waals surface area contributed by atoms with Gasteiger partial charge in [-0.15, -0.1) is 0 Å². The number of hydrogen-bond acceptors (Lipinski definition) is 1. The van der Waals surface area contributed by atoms with E-state index in [9.17, 15) is 8.78 Å². The molecule has 0 aliphatic rings. The van der Waals surface area contributed by atoms with Crippen molar-refractivity contribution in [2.45, 2.75) is 40.2 Å². The fourth-order valence-electron chi connectivity index (χ4n) is 1.51. The maximum atomic E-state index is 13.7. The Bertz CT molecular complexity index is 363. The summed E-state index contributed by atoms with van der Waals surface area (Å²) in [5, 5.41) is 2.92. The third-order valence-corrected chi connectivity index (χ3v) is 3.15. The van der Waals surface area contributed by atoms with Gasteiger partial charge >= 0.3 is 0 Å². The van der Waals surface area contributed by atoms with E-state index in [1.54, 1.807) is 6.92 Å². The highest BCUT2D eigenvalue weighted by atomic mass is 19.1. The third-order valence-electron chi connectivity index (χ3n) is 3.15. The summed E-state index contributed by atoms with van der Waals surface area (Å²) in [5.74, 6) is -0.646. The van der Waals surface area contributed by atoms with Crippen molar-refractivity contribution >= 4 is 5.69 Å². The predicted octanol–water partition coefficient (Wildman–Crippen LogP) is 4.12. The number of anilines is 1. The smallest absolute Gasteiger partial charge is 0.152 e. The Morgan fingerprint density at radius 1 is 1.25 bits per heavy atom. The lowest BCUT2D eigenvalue weighted by Crippen LogP contribution is -2.24. The minimum absolute atomic E-state index is 0.00667. The van der Waals surface area contributed by atoms with E-state index in [1.807, 2.05) is 6.92 Å². The summed E-state index contributed by atoms with van der Waals surface area (Å²) in [5.41, 5.74) is 0.452. The van der Waals surface area contributed by atoms with E-state index in [0.717, 1.165) is 6.42 Å². The first-order valence-electron chi connectivity index (χ1n) is 5.68. The molecule has 2 unspecified atom stereocenters. The Hall–Kier alpha value is -1.12. The molecule has 0 aromatic heterocycles. The Morgan fingerprint density at radius 2 is 1.88 bits per heavy atom. The SMILES string of the molecule is CCC(C)C(C)Nc1c(F)ccc(C)c1F. The van der Waals surface area contributed by atoms with Crippen molar-refractivity contribution in [1.82, 2.24) is 0 Å². The molecule has 1 aromatic carbocycles. The molecule has 0 bridgehead atoms. The number of aryl methyl sites for hydroxylation is 1. The zero-order chi connectivity index (χ0) is 12.3. The lowest BCUT2D eigenvalue weighted by atomic mass is 10.0. The third kappa shape index (κ3) is 2.71. The van der Waals surface area contributed by atoms with Gasteiger partial charge in [-0.05, 0) is 31.4 Å². The fourth-order valence-corrected chi connectivity index (χ4v) is 1.51. The van der Waals surface area contributed by atoms with Crippen LogP contribution < -0.4 is 5.32 Å². The van der Waals surface area contributed by atoms with Crippen molar-refractivity contribution in [3.8, 4) is 0 Å². The van der Waals surface area contributed by atoms with E-state index >= 15 is 0 Å². The van der Waals surface area contributed by atoms with E-state index in [0.29, 0.717) is 11.5 Å².